The number of fused-ring (bicyclic) bond motifs is 1. The van der Waals surface area contributed by atoms with E-state index in [0.717, 1.165) is 33.2 Å². The van der Waals surface area contributed by atoms with Gasteiger partial charge in [-0.3, -0.25) is 0 Å². The minimum absolute atomic E-state index is 0.130. The molecule has 0 saturated heterocycles. The summed E-state index contributed by atoms with van der Waals surface area (Å²) in [6.07, 6.45) is 1.94. The normalized spacial score (nSPS) is 20.6. The lowest BCUT2D eigenvalue weighted by Crippen LogP contribution is -2.31. The van der Waals surface area contributed by atoms with Crippen LogP contribution in [0.4, 0.5) is 5.69 Å². The zero-order valence-electron chi connectivity index (χ0n) is 14.5. The molecule has 6 heteroatoms. The van der Waals surface area contributed by atoms with Crippen LogP contribution in [0.15, 0.2) is 21.7 Å². The Hall–Kier alpha value is -1.06. The molecule has 0 saturated carbocycles. The van der Waals surface area contributed by atoms with Crippen molar-refractivity contribution in [3.8, 4) is 11.8 Å². The summed E-state index contributed by atoms with van der Waals surface area (Å²) in [5, 5.41) is 3.83. The van der Waals surface area contributed by atoms with Crippen LogP contribution in [-0.4, -0.2) is 17.6 Å². The minimum Gasteiger partial charge on any atom is -0.373 e. The molecule has 0 unspecified atom stereocenters. The Kier molecular flexibility index (Phi) is 5.75. The van der Waals surface area contributed by atoms with E-state index in [9.17, 15) is 0 Å². The fraction of sp³-hybridized carbons (Fsp3) is 0.421. The topological polar surface area (TPSA) is 50.9 Å². The Labute approximate surface area is 166 Å². The van der Waals surface area contributed by atoms with Crippen LogP contribution in [0.25, 0.3) is 10.2 Å². The van der Waals surface area contributed by atoms with E-state index < -0.39 is 0 Å². The molecule has 25 heavy (non-hydrogen) atoms. The summed E-state index contributed by atoms with van der Waals surface area (Å²) in [6, 6.07) is 2.00. The number of halogens is 2. The van der Waals surface area contributed by atoms with E-state index in [0.29, 0.717) is 17.6 Å². The van der Waals surface area contributed by atoms with E-state index in [1.54, 1.807) is 11.3 Å². The predicted octanol–water partition coefficient (Wildman–Crippen LogP) is 5.69. The molecule has 2 aromatic rings. The number of pyridine rings is 1. The highest BCUT2D eigenvalue weighted by Gasteiger charge is 2.30. The van der Waals surface area contributed by atoms with Crippen molar-refractivity contribution in [2.75, 3.05) is 11.9 Å². The molecule has 1 aliphatic rings. The number of aromatic nitrogens is 1. The van der Waals surface area contributed by atoms with Gasteiger partial charge in [0, 0.05) is 22.9 Å². The molecule has 2 heterocycles. The summed E-state index contributed by atoms with van der Waals surface area (Å²) >= 11 is 11.8. The van der Waals surface area contributed by atoms with Crippen LogP contribution in [-0.2, 0) is 0 Å². The molecule has 3 N–H and O–H groups in total. The van der Waals surface area contributed by atoms with E-state index >= 15 is 0 Å². The van der Waals surface area contributed by atoms with Crippen LogP contribution in [0.1, 0.15) is 44.4 Å². The van der Waals surface area contributed by atoms with Gasteiger partial charge < -0.3 is 11.1 Å². The Balaban J connectivity index is 2.07. The third-order valence-corrected chi connectivity index (χ3v) is 7.38. The van der Waals surface area contributed by atoms with Crippen LogP contribution in [0.3, 0.4) is 0 Å². The van der Waals surface area contributed by atoms with Gasteiger partial charge in [-0.05, 0) is 49.5 Å². The average molecular weight is 439 g/mol. The molecule has 1 aliphatic carbocycles. The van der Waals surface area contributed by atoms with Gasteiger partial charge in [0.05, 0.1) is 26.9 Å². The number of anilines is 1. The second-order valence-corrected chi connectivity index (χ2v) is 8.70. The molecule has 0 fully saturated rings. The number of nitrogens with one attached hydrogen (secondary N) is 1. The van der Waals surface area contributed by atoms with Gasteiger partial charge in [-0.25, -0.2) is 4.98 Å². The Morgan fingerprint density at radius 2 is 2.12 bits per heavy atom. The number of hydrogen-bond acceptors (Lipinski definition) is 4. The van der Waals surface area contributed by atoms with E-state index in [-0.39, 0.29) is 6.04 Å². The maximum atomic E-state index is 6.49. The van der Waals surface area contributed by atoms with E-state index in [1.165, 1.54) is 16.0 Å². The second-order valence-electron chi connectivity index (χ2n) is 6.47. The van der Waals surface area contributed by atoms with E-state index in [2.05, 4.69) is 51.9 Å². The summed E-state index contributed by atoms with van der Waals surface area (Å²) in [7, 11) is 0. The third-order valence-electron chi connectivity index (χ3n) is 4.77. The fourth-order valence-electron chi connectivity index (χ4n) is 3.24. The molecular weight excluding hydrogens is 418 g/mol. The number of thiophene rings is 1. The Morgan fingerprint density at radius 3 is 2.84 bits per heavy atom. The number of rotatable bonds is 3. The highest BCUT2D eigenvalue weighted by atomic mass is 79.9. The molecule has 0 bridgehead atoms. The molecule has 132 valence electrons. The van der Waals surface area contributed by atoms with Crippen molar-refractivity contribution in [2.24, 2.45) is 5.73 Å². The van der Waals surface area contributed by atoms with E-state index in [1.807, 2.05) is 13.0 Å². The molecule has 3 nitrogen and oxygen atoms in total. The zero-order valence-corrected chi connectivity index (χ0v) is 17.7. The number of hydrogen-bond donors (Lipinski definition) is 2. The van der Waals surface area contributed by atoms with Gasteiger partial charge in [0.2, 0.25) is 0 Å². The first-order chi connectivity index (χ1) is 11.9. The highest BCUT2D eigenvalue weighted by Crippen LogP contribution is 2.47. The Morgan fingerprint density at radius 1 is 1.40 bits per heavy atom. The number of nitrogens with two attached hydrogens (primary N) is 1. The van der Waals surface area contributed by atoms with Crippen LogP contribution < -0.4 is 11.1 Å². The molecule has 3 rings (SSSR count). The van der Waals surface area contributed by atoms with Gasteiger partial charge >= 0.3 is 0 Å². The van der Waals surface area contributed by atoms with Gasteiger partial charge in [0.15, 0.2) is 0 Å². The van der Waals surface area contributed by atoms with Gasteiger partial charge in [0.25, 0.3) is 0 Å². The predicted molar refractivity (Wildman–Crippen MR) is 113 cm³/mol. The summed E-state index contributed by atoms with van der Waals surface area (Å²) < 4.78 is 2.12. The molecule has 0 radical (unpaired) electrons. The van der Waals surface area contributed by atoms with Crippen LogP contribution >= 0.6 is 38.9 Å². The molecular formula is C19H21BrClN3S. The molecule has 0 amide bonds. The highest BCUT2D eigenvalue weighted by molar-refractivity contribution is 9.10. The van der Waals surface area contributed by atoms with Crippen molar-refractivity contribution in [3.63, 3.8) is 0 Å². The lowest BCUT2D eigenvalue weighted by molar-refractivity contribution is 0.497. The van der Waals surface area contributed by atoms with Gasteiger partial charge in [-0.1, -0.05) is 28.7 Å². The van der Waals surface area contributed by atoms with Crippen molar-refractivity contribution in [3.05, 3.63) is 31.7 Å². The van der Waals surface area contributed by atoms with Gasteiger partial charge in [0.1, 0.15) is 5.15 Å². The average Bonchev–Trinajstić information content (AvgIpc) is 2.88. The zero-order chi connectivity index (χ0) is 18.1. The Bertz CT molecular complexity index is 907. The summed E-state index contributed by atoms with van der Waals surface area (Å²) in [4.78, 5) is 5.80. The van der Waals surface area contributed by atoms with Crippen molar-refractivity contribution < 1.29 is 0 Å². The molecule has 0 aliphatic heterocycles. The van der Waals surface area contributed by atoms with Crippen LogP contribution in [0.2, 0.25) is 5.15 Å². The van der Waals surface area contributed by atoms with E-state index in [4.69, 9.17) is 17.3 Å². The number of allylic oxidation sites excluding steroid dienone is 1. The summed E-state index contributed by atoms with van der Waals surface area (Å²) in [5.41, 5.74) is 11.2. The SMILES string of the molecule is CC#CCNc1cc(Cl)nc2c(Br)c([C@H]3CC(C)=C(C)C[C@@H]3N)sc12. The van der Waals surface area contributed by atoms with Crippen molar-refractivity contribution in [2.45, 2.75) is 45.6 Å². The summed E-state index contributed by atoms with van der Waals surface area (Å²) in [6.45, 7) is 6.81. The van der Waals surface area contributed by atoms with Crippen molar-refractivity contribution >= 4 is 54.8 Å². The van der Waals surface area contributed by atoms with Crippen molar-refractivity contribution in [1.29, 1.82) is 0 Å². The first-order valence-electron chi connectivity index (χ1n) is 8.25. The standard InChI is InChI=1S/C19H21BrClN3S/c1-4-5-6-23-14-9-15(21)24-17-16(20)18(25-19(14)17)12-7-10(2)11(3)8-13(12)22/h9,12-13H,6-8,22H2,1-3H3,(H,23,24)/t12-,13-/m0/s1. The first-order valence-corrected chi connectivity index (χ1v) is 10.2. The molecule has 0 spiro atoms. The quantitative estimate of drug-likeness (QED) is 0.368. The summed E-state index contributed by atoms with van der Waals surface area (Å²) in [5.74, 6) is 6.23. The maximum Gasteiger partial charge on any atom is 0.131 e. The smallest absolute Gasteiger partial charge is 0.131 e. The van der Waals surface area contributed by atoms with Gasteiger partial charge in [-0.15, -0.1) is 17.3 Å². The minimum atomic E-state index is 0.130. The fourth-order valence-corrected chi connectivity index (χ4v) is 5.69. The van der Waals surface area contributed by atoms with Crippen LogP contribution in [0, 0.1) is 11.8 Å². The largest absolute Gasteiger partial charge is 0.373 e. The van der Waals surface area contributed by atoms with Crippen LogP contribution in [0.5, 0.6) is 0 Å². The van der Waals surface area contributed by atoms with Gasteiger partial charge in [-0.2, -0.15) is 0 Å². The molecule has 2 atom stereocenters. The molecule has 0 aromatic carbocycles. The second kappa shape index (κ2) is 7.67. The number of nitrogens with zero attached hydrogens (tertiary/aromatic N) is 1. The third kappa shape index (κ3) is 3.73. The van der Waals surface area contributed by atoms with Crippen molar-refractivity contribution in [1.82, 2.24) is 4.98 Å². The first kappa shape index (κ1) is 18.7. The molecule has 2 aromatic heterocycles. The monoisotopic (exact) mass is 437 g/mol. The maximum absolute atomic E-state index is 6.49. The lowest BCUT2D eigenvalue weighted by atomic mass is 9.81. The lowest BCUT2D eigenvalue weighted by Gasteiger charge is -2.30.